The number of aryl methyl sites for hydroxylation is 2. The Balaban J connectivity index is 1.71. The van der Waals surface area contributed by atoms with E-state index in [1.54, 1.807) is 13.1 Å². The number of fused-ring (bicyclic) bond motifs is 1. The Hall–Kier alpha value is -2.99. The largest absolute Gasteiger partial charge is 0.507 e. The number of nitrogens with zero attached hydrogens (tertiary/aromatic N) is 3. The molecular weight excluding hydrogens is 412 g/mol. The maximum Gasteiger partial charge on any atom is 0.163 e. The number of Topliss-reactive ketones (excluding diaryl/α,β-unsaturated/α-hetero) is 1. The summed E-state index contributed by atoms with van der Waals surface area (Å²) in [7, 11) is 4.26. The summed E-state index contributed by atoms with van der Waals surface area (Å²) >= 11 is 0. The molecule has 0 amide bonds. The van der Waals surface area contributed by atoms with Crippen LogP contribution >= 0.6 is 0 Å². The number of nitrogens with one attached hydrogen (secondary N) is 1. The number of rotatable bonds is 6. The Kier molecular flexibility index (Phi) is 6.66. The molecule has 33 heavy (non-hydrogen) atoms. The van der Waals surface area contributed by atoms with Gasteiger partial charge in [0.15, 0.2) is 5.78 Å². The molecule has 1 aliphatic rings. The van der Waals surface area contributed by atoms with Gasteiger partial charge in [0.05, 0.1) is 22.5 Å². The second-order valence-electron chi connectivity index (χ2n) is 9.75. The molecule has 0 unspecified atom stereocenters. The van der Waals surface area contributed by atoms with Crippen LogP contribution in [0.25, 0.3) is 22.3 Å². The van der Waals surface area contributed by atoms with E-state index >= 15 is 0 Å². The van der Waals surface area contributed by atoms with E-state index in [2.05, 4.69) is 29.3 Å². The van der Waals surface area contributed by atoms with Crippen LogP contribution in [0.2, 0.25) is 0 Å². The number of ketones is 1. The third kappa shape index (κ3) is 5.01. The molecule has 0 atom stereocenters. The van der Waals surface area contributed by atoms with E-state index in [9.17, 15) is 9.90 Å². The van der Waals surface area contributed by atoms with Crippen LogP contribution in [0.5, 0.6) is 5.75 Å². The molecule has 174 valence electrons. The van der Waals surface area contributed by atoms with Crippen LogP contribution in [0.3, 0.4) is 0 Å². The minimum Gasteiger partial charge on any atom is -0.507 e. The number of aromatic hydroxyl groups is 1. The minimum absolute atomic E-state index is 0.0169. The van der Waals surface area contributed by atoms with Crippen molar-refractivity contribution in [3.8, 4) is 17.0 Å². The van der Waals surface area contributed by atoms with Crippen LogP contribution in [0.15, 0.2) is 30.5 Å². The lowest BCUT2D eigenvalue weighted by molar-refractivity contribution is 0.101. The molecular formula is C27H34N4O2. The Morgan fingerprint density at radius 2 is 1.79 bits per heavy atom. The van der Waals surface area contributed by atoms with Crippen molar-refractivity contribution < 1.29 is 9.90 Å². The number of hydrogen-bond donors (Lipinski definition) is 2. The quantitative estimate of drug-likeness (QED) is 0.497. The molecule has 0 bridgehead atoms. The molecule has 4 rings (SSSR count). The van der Waals surface area contributed by atoms with Gasteiger partial charge in [0.2, 0.25) is 0 Å². The number of pyridine rings is 2. The average molecular weight is 447 g/mol. The van der Waals surface area contributed by atoms with E-state index < -0.39 is 0 Å². The number of benzene rings is 1. The van der Waals surface area contributed by atoms with Gasteiger partial charge in [-0.3, -0.25) is 9.78 Å². The molecule has 2 aromatic heterocycles. The van der Waals surface area contributed by atoms with Gasteiger partial charge in [0.25, 0.3) is 0 Å². The van der Waals surface area contributed by atoms with E-state index in [0.717, 1.165) is 64.4 Å². The first kappa shape index (κ1) is 23.2. The molecule has 0 aliphatic heterocycles. The number of carbonyl (C=O) groups is 1. The first-order chi connectivity index (χ1) is 15.7. The number of phenols is 1. The van der Waals surface area contributed by atoms with Gasteiger partial charge in [0.1, 0.15) is 11.3 Å². The molecule has 6 heteroatoms. The number of aromatic nitrogens is 2. The third-order valence-corrected chi connectivity index (χ3v) is 6.70. The molecule has 1 saturated carbocycles. The predicted octanol–water partition coefficient (Wildman–Crippen LogP) is 5.35. The van der Waals surface area contributed by atoms with E-state index in [1.807, 2.05) is 38.1 Å². The Morgan fingerprint density at radius 3 is 2.39 bits per heavy atom. The van der Waals surface area contributed by atoms with E-state index in [0.29, 0.717) is 17.4 Å². The van der Waals surface area contributed by atoms with Crippen molar-refractivity contribution in [2.45, 2.75) is 52.5 Å². The summed E-state index contributed by atoms with van der Waals surface area (Å²) in [5.74, 6) is 1.02. The van der Waals surface area contributed by atoms with Gasteiger partial charge >= 0.3 is 0 Å². The first-order valence-corrected chi connectivity index (χ1v) is 11.8. The zero-order valence-corrected chi connectivity index (χ0v) is 20.3. The fraction of sp³-hybridized carbons (Fsp3) is 0.444. The number of carbonyl (C=O) groups excluding carboxylic acids is 1. The molecule has 2 heterocycles. The topological polar surface area (TPSA) is 78.3 Å². The Bertz CT molecular complexity index is 1160. The lowest BCUT2D eigenvalue weighted by atomic mass is 9.85. The van der Waals surface area contributed by atoms with Crippen LogP contribution in [-0.4, -0.2) is 52.4 Å². The molecule has 1 fully saturated rings. The third-order valence-electron chi connectivity index (χ3n) is 6.70. The summed E-state index contributed by atoms with van der Waals surface area (Å²) < 4.78 is 0. The summed E-state index contributed by atoms with van der Waals surface area (Å²) in [6.45, 7) is 6.49. The van der Waals surface area contributed by atoms with Gasteiger partial charge in [-0.1, -0.05) is 0 Å². The van der Waals surface area contributed by atoms with Gasteiger partial charge in [0, 0.05) is 24.3 Å². The van der Waals surface area contributed by atoms with Crippen molar-refractivity contribution in [3.63, 3.8) is 0 Å². The molecule has 3 aromatic rings. The van der Waals surface area contributed by atoms with Crippen molar-refractivity contribution in [2.75, 3.05) is 26.0 Å². The highest BCUT2D eigenvalue weighted by molar-refractivity contribution is 6.06. The summed E-state index contributed by atoms with van der Waals surface area (Å²) in [5, 5.41) is 13.8. The van der Waals surface area contributed by atoms with Gasteiger partial charge in [-0.2, -0.15) is 0 Å². The molecule has 2 N–H and O–H groups in total. The molecule has 0 spiro atoms. The van der Waals surface area contributed by atoms with Gasteiger partial charge in [-0.05, 0) is 102 Å². The van der Waals surface area contributed by atoms with E-state index in [1.165, 1.54) is 12.8 Å². The smallest absolute Gasteiger partial charge is 0.163 e. The number of anilines is 1. The Morgan fingerprint density at radius 1 is 1.12 bits per heavy atom. The summed E-state index contributed by atoms with van der Waals surface area (Å²) in [6, 6.07) is 8.11. The molecule has 6 nitrogen and oxygen atoms in total. The zero-order chi connectivity index (χ0) is 23.7. The fourth-order valence-corrected chi connectivity index (χ4v) is 4.95. The highest BCUT2D eigenvalue weighted by Crippen LogP contribution is 2.34. The monoisotopic (exact) mass is 446 g/mol. The molecule has 0 radical (unpaired) electrons. The van der Waals surface area contributed by atoms with E-state index in [4.69, 9.17) is 4.98 Å². The van der Waals surface area contributed by atoms with Crippen LogP contribution in [0, 0.1) is 19.8 Å². The molecule has 0 saturated heterocycles. The standard InChI is InChI=1S/C27H34N4O2/c1-16-12-20(13-17(2)27(16)33)23-10-11-24-26(30-23)25(22(14-28-24)18(3)32)29-21-8-6-19(7-9-21)15-31(4)5/h10-14,19,21,33H,6-9,15H2,1-5H3,(H,28,29). The number of hydrogen-bond acceptors (Lipinski definition) is 6. The van der Waals surface area contributed by atoms with Crippen molar-refractivity contribution in [1.29, 1.82) is 0 Å². The second kappa shape index (κ2) is 9.48. The minimum atomic E-state index is -0.0169. The van der Waals surface area contributed by atoms with Crippen molar-refractivity contribution in [2.24, 2.45) is 5.92 Å². The number of phenolic OH excluding ortho intramolecular Hbond substituents is 1. The maximum atomic E-state index is 12.5. The second-order valence-corrected chi connectivity index (χ2v) is 9.75. The zero-order valence-electron chi connectivity index (χ0n) is 20.3. The summed E-state index contributed by atoms with van der Waals surface area (Å²) in [5.41, 5.74) is 6.23. The van der Waals surface area contributed by atoms with Crippen LogP contribution in [0.4, 0.5) is 5.69 Å². The summed E-state index contributed by atoms with van der Waals surface area (Å²) in [6.07, 6.45) is 6.18. The van der Waals surface area contributed by atoms with Crippen LogP contribution < -0.4 is 5.32 Å². The highest BCUT2D eigenvalue weighted by Gasteiger charge is 2.24. The SMILES string of the molecule is CC(=O)c1cnc2ccc(-c3cc(C)c(O)c(C)c3)nc2c1NC1CCC(CN(C)C)CC1. The van der Waals surface area contributed by atoms with Crippen molar-refractivity contribution in [1.82, 2.24) is 14.9 Å². The maximum absolute atomic E-state index is 12.5. The van der Waals surface area contributed by atoms with E-state index in [-0.39, 0.29) is 5.78 Å². The molecule has 1 aliphatic carbocycles. The van der Waals surface area contributed by atoms with Gasteiger partial charge in [-0.25, -0.2) is 4.98 Å². The average Bonchev–Trinajstić information content (AvgIpc) is 2.77. The lowest BCUT2D eigenvalue weighted by Gasteiger charge is -2.31. The van der Waals surface area contributed by atoms with Gasteiger partial charge < -0.3 is 15.3 Å². The van der Waals surface area contributed by atoms with Crippen LogP contribution in [0.1, 0.15) is 54.1 Å². The van der Waals surface area contributed by atoms with Gasteiger partial charge in [-0.15, -0.1) is 0 Å². The van der Waals surface area contributed by atoms with Crippen molar-refractivity contribution in [3.05, 3.63) is 47.2 Å². The molecule has 1 aromatic carbocycles. The Labute approximate surface area is 196 Å². The fourth-order valence-electron chi connectivity index (χ4n) is 4.95. The first-order valence-electron chi connectivity index (χ1n) is 11.8. The lowest BCUT2D eigenvalue weighted by Crippen LogP contribution is -2.31. The highest BCUT2D eigenvalue weighted by atomic mass is 16.3. The van der Waals surface area contributed by atoms with Crippen LogP contribution in [-0.2, 0) is 0 Å². The normalized spacial score (nSPS) is 18.6. The predicted molar refractivity (Wildman–Crippen MR) is 134 cm³/mol. The van der Waals surface area contributed by atoms with Crippen molar-refractivity contribution >= 4 is 22.5 Å². The summed E-state index contributed by atoms with van der Waals surface area (Å²) in [4.78, 5) is 24.2.